The van der Waals surface area contributed by atoms with Gasteiger partial charge in [0.05, 0.1) is 25.2 Å². The van der Waals surface area contributed by atoms with Gasteiger partial charge in [-0.05, 0) is 18.2 Å². The first kappa shape index (κ1) is 23.2. The fourth-order valence-electron chi connectivity index (χ4n) is 3.84. The number of fused-ring (bicyclic) bond motifs is 1. The Bertz CT molecular complexity index is 1000. The van der Waals surface area contributed by atoms with Crippen molar-refractivity contribution in [2.75, 3.05) is 32.8 Å². The predicted molar refractivity (Wildman–Crippen MR) is 110 cm³/mol. The minimum Gasteiger partial charge on any atom is -0.473 e. The van der Waals surface area contributed by atoms with E-state index in [1.165, 1.54) is 4.57 Å². The summed E-state index contributed by atoms with van der Waals surface area (Å²) in [5, 5.41) is 14.8. The van der Waals surface area contributed by atoms with Crippen LogP contribution in [-0.4, -0.2) is 81.3 Å². The zero-order chi connectivity index (χ0) is 23.3. The topological polar surface area (TPSA) is 143 Å². The number of aliphatic carboxylic acids is 2. The Hall–Kier alpha value is -3.44. The van der Waals surface area contributed by atoms with Crippen molar-refractivity contribution in [2.24, 2.45) is 13.0 Å². The Morgan fingerprint density at radius 1 is 1.12 bits per heavy atom. The highest BCUT2D eigenvalue weighted by molar-refractivity contribution is 6.27. The van der Waals surface area contributed by atoms with E-state index in [2.05, 4.69) is 4.90 Å². The summed E-state index contributed by atoms with van der Waals surface area (Å²) < 4.78 is 12.6. The van der Waals surface area contributed by atoms with E-state index < -0.39 is 11.9 Å². The van der Waals surface area contributed by atoms with E-state index in [1.807, 2.05) is 6.07 Å². The number of furan rings is 1. The molecule has 2 aliphatic rings. The van der Waals surface area contributed by atoms with E-state index in [-0.39, 0.29) is 29.1 Å². The average molecular weight is 447 g/mol. The zero-order valence-corrected chi connectivity index (χ0v) is 17.5. The van der Waals surface area contributed by atoms with Gasteiger partial charge >= 0.3 is 11.9 Å². The molecule has 32 heavy (non-hydrogen) atoms. The fourth-order valence-corrected chi connectivity index (χ4v) is 3.84. The highest BCUT2D eigenvalue weighted by atomic mass is 16.5. The molecule has 0 radical (unpaired) electrons. The van der Waals surface area contributed by atoms with Crippen molar-refractivity contribution < 1.29 is 33.8 Å². The minimum absolute atomic E-state index is 0.0286. The van der Waals surface area contributed by atoms with E-state index in [0.717, 1.165) is 25.2 Å². The zero-order valence-electron chi connectivity index (χ0n) is 17.5. The number of ether oxygens (including phenoxy) is 1. The van der Waals surface area contributed by atoms with Gasteiger partial charge in [-0.2, -0.15) is 0 Å². The van der Waals surface area contributed by atoms with Crippen LogP contribution in [0.25, 0.3) is 0 Å². The number of likely N-dealkylation sites (tertiary alicyclic amines) is 1. The van der Waals surface area contributed by atoms with Gasteiger partial charge in [0.25, 0.3) is 11.5 Å². The van der Waals surface area contributed by atoms with E-state index in [1.54, 1.807) is 42.8 Å². The Kier molecular flexibility index (Phi) is 7.44. The van der Waals surface area contributed by atoms with Crippen LogP contribution in [0.3, 0.4) is 0 Å². The van der Waals surface area contributed by atoms with Gasteiger partial charge in [0.15, 0.2) is 0 Å². The van der Waals surface area contributed by atoms with E-state index in [0.29, 0.717) is 19.7 Å². The third kappa shape index (κ3) is 5.62. The Morgan fingerprint density at radius 2 is 1.88 bits per heavy atom. The second-order valence-electron chi connectivity index (χ2n) is 7.69. The molecule has 172 valence electrons. The molecular formula is C21H25N3O8. The molecule has 2 N–H and O–H groups in total. The number of carboxylic acid groups (broad SMARTS) is 2. The Balaban J connectivity index is 0.000000427. The van der Waals surface area contributed by atoms with Crippen molar-refractivity contribution >= 4 is 17.8 Å². The van der Waals surface area contributed by atoms with Crippen LogP contribution in [0.4, 0.5) is 0 Å². The molecule has 1 amide bonds. The van der Waals surface area contributed by atoms with Gasteiger partial charge in [0, 0.05) is 57.4 Å². The molecule has 0 unspecified atom stereocenters. The van der Waals surface area contributed by atoms with Crippen LogP contribution in [0.1, 0.15) is 15.9 Å². The predicted octanol–water partition coefficient (Wildman–Crippen LogP) is 0.107. The van der Waals surface area contributed by atoms with Gasteiger partial charge in [0.1, 0.15) is 5.56 Å². The summed E-state index contributed by atoms with van der Waals surface area (Å²) in [7, 11) is 1.66. The minimum atomic E-state index is -1.82. The van der Waals surface area contributed by atoms with Crippen molar-refractivity contribution in [3.63, 3.8) is 0 Å². The van der Waals surface area contributed by atoms with Crippen molar-refractivity contribution in [3.05, 3.63) is 58.4 Å². The number of carboxylic acids is 2. The second kappa shape index (κ2) is 10.2. The quantitative estimate of drug-likeness (QED) is 0.627. The lowest BCUT2D eigenvalue weighted by Crippen LogP contribution is -2.36. The highest BCUT2D eigenvalue weighted by Gasteiger charge is 2.39. The maximum atomic E-state index is 12.8. The molecule has 0 aliphatic carbocycles. The van der Waals surface area contributed by atoms with Crippen molar-refractivity contribution in [1.82, 2.24) is 14.4 Å². The third-order valence-electron chi connectivity index (χ3n) is 5.42. The van der Waals surface area contributed by atoms with E-state index in [4.69, 9.17) is 29.0 Å². The summed E-state index contributed by atoms with van der Waals surface area (Å²) in [6.07, 6.45) is 5.13. The lowest BCUT2D eigenvalue weighted by Gasteiger charge is -2.22. The first-order valence-corrected chi connectivity index (χ1v) is 10.0. The third-order valence-corrected chi connectivity index (χ3v) is 5.42. The van der Waals surface area contributed by atoms with Gasteiger partial charge in [-0.1, -0.05) is 0 Å². The first-order valence-electron chi connectivity index (χ1n) is 10.0. The summed E-state index contributed by atoms with van der Waals surface area (Å²) in [4.78, 5) is 47.3. The monoisotopic (exact) mass is 447 g/mol. The molecule has 4 heterocycles. The first-order chi connectivity index (χ1) is 15.3. The molecule has 2 aromatic heterocycles. The van der Waals surface area contributed by atoms with Gasteiger partial charge in [-0.15, -0.1) is 0 Å². The van der Waals surface area contributed by atoms with Crippen LogP contribution in [0.5, 0.6) is 0 Å². The summed E-state index contributed by atoms with van der Waals surface area (Å²) in [6.45, 7) is 4.35. The molecule has 2 saturated heterocycles. The molecule has 11 nitrogen and oxygen atoms in total. The van der Waals surface area contributed by atoms with Crippen LogP contribution >= 0.6 is 0 Å². The Labute approximate surface area is 183 Å². The number of aromatic nitrogens is 1. The lowest BCUT2D eigenvalue weighted by molar-refractivity contribution is -0.159. The SMILES string of the molecule is Cn1cccc(C(=O)N2C[C@@H]3CN(Cc4ccoc4)CCO[C@@H]3C2)c1=O.O=C(O)C(=O)O. The maximum absolute atomic E-state index is 12.8. The number of hydrogen-bond donors (Lipinski definition) is 2. The number of rotatable bonds is 3. The van der Waals surface area contributed by atoms with Crippen molar-refractivity contribution in [2.45, 2.75) is 12.6 Å². The number of nitrogens with zero attached hydrogens (tertiary/aromatic N) is 3. The standard InChI is InChI=1S/C19H23N3O4.C2H2O4/c1-20-5-2-3-16(18(20)23)19(24)22-11-15-10-21(6-8-26-17(15)12-22)9-14-4-7-25-13-14;3-1(4)2(5)6/h2-5,7,13,15,17H,6,8-12H2,1H3;(H,3,4)(H,5,6)/t15-,17+;/m0./s1. The lowest BCUT2D eigenvalue weighted by atomic mass is 10.1. The van der Waals surface area contributed by atoms with Crippen molar-refractivity contribution in [3.8, 4) is 0 Å². The molecule has 2 atom stereocenters. The second-order valence-corrected chi connectivity index (χ2v) is 7.69. The molecule has 0 bridgehead atoms. The number of aryl methyl sites for hydroxylation is 1. The summed E-state index contributed by atoms with van der Waals surface area (Å²) in [5.41, 5.74) is 1.11. The maximum Gasteiger partial charge on any atom is 0.414 e. The van der Waals surface area contributed by atoms with Crippen LogP contribution in [-0.2, 0) is 27.9 Å². The van der Waals surface area contributed by atoms with Gasteiger partial charge < -0.3 is 28.8 Å². The van der Waals surface area contributed by atoms with Gasteiger partial charge in [0.2, 0.25) is 0 Å². The van der Waals surface area contributed by atoms with Crippen LogP contribution in [0.2, 0.25) is 0 Å². The molecule has 2 fully saturated rings. The van der Waals surface area contributed by atoms with Crippen molar-refractivity contribution in [1.29, 1.82) is 0 Å². The number of carbonyl (C=O) groups is 3. The number of hydrogen-bond acceptors (Lipinski definition) is 7. The molecule has 2 aliphatic heterocycles. The molecule has 11 heteroatoms. The molecule has 4 rings (SSSR count). The fraction of sp³-hybridized carbons (Fsp3) is 0.429. The highest BCUT2D eigenvalue weighted by Crippen LogP contribution is 2.25. The molecule has 2 aromatic rings. The summed E-state index contributed by atoms with van der Waals surface area (Å²) >= 11 is 0. The molecule has 0 saturated carbocycles. The van der Waals surface area contributed by atoms with Crippen LogP contribution in [0, 0.1) is 5.92 Å². The number of amides is 1. The Morgan fingerprint density at radius 3 is 2.53 bits per heavy atom. The summed E-state index contributed by atoms with van der Waals surface area (Å²) in [6, 6.07) is 5.30. The smallest absolute Gasteiger partial charge is 0.414 e. The average Bonchev–Trinajstić information content (AvgIpc) is 3.36. The van der Waals surface area contributed by atoms with Gasteiger partial charge in [-0.25, -0.2) is 9.59 Å². The normalized spacial score (nSPS) is 20.6. The van der Waals surface area contributed by atoms with E-state index in [9.17, 15) is 9.59 Å². The number of carbonyl (C=O) groups excluding carboxylic acids is 1. The molecule has 0 spiro atoms. The molecular weight excluding hydrogens is 422 g/mol. The van der Waals surface area contributed by atoms with Crippen LogP contribution in [0.15, 0.2) is 46.1 Å². The largest absolute Gasteiger partial charge is 0.473 e. The number of pyridine rings is 1. The molecule has 0 aromatic carbocycles. The van der Waals surface area contributed by atoms with Gasteiger partial charge in [-0.3, -0.25) is 14.5 Å². The van der Waals surface area contributed by atoms with E-state index >= 15 is 0 Å². The van der Waals surface area contributed by atoms with Crippen LogP contribution < -0.4 is 5.56 Å². The summed E-state index contributed by atoms with van der Waals surface area (Å²) in [5.74, 6) is -3.60.